The second kappa shape index (κ2) is 7.00. The summed E-state index contributed by atoms with van der Waals surface area (Å²) in [6.07, 6.45) is 1.70. The molecule has 0 radical (unpaired) electrons. The molecule has 0 bridgehead atoms. The molecule has 2 rings (SSSR count). The van der Waals surface area contributed by atoms with Gasteiger partial charge in [0.15, 0.2) is 9.84 Å². The van der Waals surface area contributed by atoms with Gasteiger partial charge in [-0.2, -0.15) is 0 Å². The molecule has 1 aliphatic heterocycles. The summed E-state index contributed by atoms with van der Waals surface area (Å²) >= 11 is 0. The molecule has 0 saturated carbocycles. The van der Waals surface area contributed by atoms with E-state index in [1.54, 1.807) is 12.1 Å². The topological polar surface area (TPSA) is 113 Å². The van der Waals surface area contributed by atoms with Crippen LogP contribution < -0.4 is 10.6 Å². The van der Waals surface area contributed by atoms with Gasteiger partial charge in [0, 0.05) is 6.26 Å². The number of hydrogen-bond acceptors (Lipinski definition) is 5. The lowest BCUT2D eigenvalue weighted by Gasteiger charge is -2.19. The van der Waals surface area contributed by atoms with Gasteiger partial charge in [0.05, 0.1) is 17.5 Å². The Hall–Kier alpha value is -2.42. The smallest absolute Gasteiger partial charge is 0.325 e. The first kappa shape index (κ1) is 17.9. The fourth-order valence-corrected chi connectivity index (χ4v) is 3.00. The van der Waals surface area contributed by atoms with E-state index in [2.05, 4.69) is 10.6 Å². The molecule has 0 aliphatic carbocycles. The molecule has 130 valence electrons. The molecule has 9 heteroatoms. The zero-order chi connectivity index (χ0) is 17.9. The number of sulfone groups is 1. The van der Waals surface area contributed by atoms with Crippen LogP contribution in [-0.2, 0) is 19.4 Å². The van der Waals surface area contributed by atoms with Crippen molar-refractivity contribution in [3.8, 4) is 0 Å². The number of carbonyl (C=O) groups is 3. The monoisotopic (exact) mass is 353 g/mol. The summed E-state index contributed by atoms with van der Waals surface area (Å²) in [5.74, 6) is -0.903. The second-order valence-electron chi connectivity index (χ2n) is 5.51. The number of urea groups is 1. The van der Waals surface area contributed by atoms with Gasteiger partial charge in [-0.3, -0.25) is 14.5 Å². The molecule has 1 aromatic rings. The second-order valence-corrected chi connectivity index (χ2v) is 7.52. The molecule has 24 heavy (non-hydrogen) atoms. The molecule has 1 aromatic carbocycles. The minimum Gasteiger partial charge on any atom is -0.348 e. The largest absolute Gasteiger partial charge is 0.348 e. The molecule has 0 spiro atoms. The highest BCUT2D eigenvalue weighted by Crippen LogP contribution is 2.19. The summed E-state index contributed by atoms with van der Waals surface area (Å²) in [4.78, 5) is 36.1. The minimum atomic E-state index is -3.28. The Morgan fingerprint density at radius 1 is 1.29 bits per heavy atom. The summed E-state index contributed by atoms with van der Waals surface area (Å²) in [5.41, 5.74) is 0.746. The normalized spacial score (nSPS) is 16.0. The van der Waals surface area contributed by atoms with Crippen molar-refractivity contribution >= 4 is 27.7 Å². The lowest BCUT2D eigenvalue weighted by Crippen LogP contribution is -2.41. The lowest BCUT2D eigenvalue weighted by atomic mass is 10.0. The van der Waals surface area contributed by atoms with Gasteiger partial charge in [-0.15, -0.1) is 0 Å². The number of benzene rings is 1. The standard InChI is InChI=1S/C15H19N3O5S/c1-3-12(10-4-6-11(7-5-10)24(2,22)23)17-13(19)9-18-14(20)8-16-15(18)21/h4-7,12H,3,8-9H2,1-2H3,(H,16,21)(H,17,19)/t12-/m0/s1. The summed E-state index contributed by atoms with van der Waals surface area (Å²) in [6, 6.07) is 5.32. The first-order chi connectivity index (χ1) is 11.2. The summed E-state index contributed by atoms with van der Waals surface area (Å²) in [6.45, 7) is 1.42. The molecule has 2 N–H and O–H groups in total. The van der Waals surface area contributed by atoms with Crippen LogP contribution in [0, 0.1) is 0 Å². The molecule has 1 aliphatic rings. The Morgan fingerprint density at radius 2 is 1.92 bits per heavy atom. The summed E-state index contributed by atoms with van der Waals surface area (Å²) in [7, 11) is -3.28. The molecule has 0 aromatic heterocycles. The highest BCUT2D eigenvalue weighted by Gasteiger charge is 2.30. The Bertz CT molecular complexity index is 742. The van der Waals surface area contributed by atoms with E-state index in [9.17, 15) is 22.8 Å². The van der Waals surface area contributed by atoms with Crippen molar-refractivity contribution in [2.45, 2.75) is 24.3 Å². The minimum absolute atomic E-state index is 0.101. The van der Waals surface area contributed by atoms with Crippen molar-refractivity contribution < 1.29 is 22.8 Å². The maximum Gasteiger partial charge on any atom is 0.325 e. The van der Waals surface area contributed by atoms with E-state index >= 15 is 0 Å². The van der Waals surface area contributed by atoms with Crippen LogP contribution in [0.15, 0.2) is 29.2 Å². The van der Waals surface area contributed by atoms with E-state index < -0.39 is 27.7 Å². The van der Waals surface area contributed by atoms with Crippen molar-refractivity contribution in [3.63, 3.8) is 0 Å². The van der Waals surface area contributed by atoms with Gasteiger partial charge in [-0.05, 0) is 24.1 Å². The van der Waals surface area contributed by atoms with Crippen molar-refractivity contribution in [1.82, 2.24) is 15.5 Å². The molecule has 1 saturated heterocycles. The Labute approximate surface area is 140 Å². The van der Waals surface area contributed by atoms with Crippen LogP contribution in [0.25, 0.3) is 0 Å². The lowest BCUT2D eigenvalue weighted by molar-refractivity contribution is -0.130. The van der Waals surface area contributed by atoms with Crippen LogP contribution in [-0.4, -0.2) is 50.5 Å². The van der Waals surface area contributed by atoms with E-state index in [0.717, 1.165) is 16.7 Å². The van der Waals surface area contributed by atoms with Crippen LogP contribution in [0.3, 0.4) is 0 Å². The molecular formula is C15H19N3O5S. The van der Waals surface area contributed by atoms with Crippen LogP contribution in [0.5, 0.6) is 0 Å². The number of carbonyl (C=O) groups excluding carboxylic acids is 3. The molecule has 0 unspecified atom stereocenters. The molecule has 4 amide bonds. The number of hydrogen-bond donors (Lipinski definition) is 2. The maximum atomic E-state index is 12.1. The molecule has 1 fully saturated rings. The van der Waals surface area contributed by atoms with Gasteiger partial charge in [0.1, 0.15) is 6.54 Å². The van der Waals surface area contributed by atoms with Gasteiger partial charge in [-0.25, -0.2) is 13.2 Å². The summed E-state index contributed by atoms with van der Waals surface area (Å²) in [5, 5.41) is 5.09. The Morgan fingerprint density at radius 3 is 2.38 bits per heavy atom. The Kier molecular flexibility index (Phi) is 5.23. The van der Waals surface area contributed by atoms with Crippen LogP contribution in [0.2, 0.25) is 0 Å². The summed E-state index contributed by atoms with van der Waals surface area (Å²) < 4.78 is 22.9. The van der Waals surface area contributed by atoms with E-state index in [1.165, 1.54) is 12.1 Å². The third-order valence-corrected chi connectivity index (χ3v) is 4.82. The van der Waals surface area contributed by atoms with E-state index in [0.29, 0.717) is 6.42 Å². The van der Waals surface area contributed by atoms with Crippen molar-refractivity contribution in [3.05, 3.63) is 29.8 Å². The number of imide groups is 1. The SMILES string of the molecule is CC[C@H](NC(=O)CN1C(=O)CNC1=O)c1ccc(S(C)(=O)=O)cc1. The fourth-order valence-electron chi connectivity index (χ4n) is 2.37. The van der Waals surface area contributed by atoms with Crippen LogP contribution >= 0.6 is 0 Å². The van der Waals surface area contributed by atoms with Crippen LogP contribution in [0.4, 0.5) is 4.79 Å². The number of amides is 4. The van der Waals surface area contributed by atoms with Gasteiger partial charge in [0.2, 0.25) is 5.91 Å². The maximum absolute atomic E-state index is 12.1. The zero-order valence-electron chi connectivity index (χ0n) is 13.4. The fraction of sp³-hybridized carbons (Fsp3) is 0.400. The average Bonchev–Trinajstić information content (AvgIpc) is 2.84. The number of nitrogens with one attached hydrogen (secondary N) is 2. The van der Waals surface area contributed by atoms with Gasteiger partial charge >= 0.3 is 6.03 Å². The van der Waals surface area contributed by atoms with Crippen LogP contribution in [0.1, 0.15) is 24.9 Å². The first-order valence-corrected chi connectivity index (χ1v) is 9.29. The molecule has 1 heterocycles. The van der Waals surface area contributed by atoms with Gasteiger partial charge in [-0.1, -0.05) is 19.1 Å². The predicted molar refractivity (Wildman–Crippen MR) is 85.8 cm³/mol. The van der Waals surface area contributed by atoms with Crippen molar-refractivity contribution in [2.24, 2.45) is 0 Å². The third kappa shape index (κ3) is 4.10. The predicted octanol–water partition coefficient (Wildman–Crippen LogP) is 0.209. The van der Waals surface area contributed by atoms with E-state index in [-0.39, 0.29) is 24.0 Å². The molecule has 1 atom stereocenters. The Balaban J connectivity index is 2.05. The van der Waals surface area contributed by atoms with E-state index in [1.807, 2.05) is 6.92 Å². The average molecular weight is 353 g/mol. The zero-order valence-corrected chi connectivity index (χ0v) is 14.2. The van der Waals surface area contributed by atoms with Gasteiger partial charge < -0.3 is 10.6 Å². The number of rotatable bonds is 6. The number of nitrogens with zero attached hydrogens (tertiary/aromatic N) is 1. The quantitative estimate of drug-likeness (QED) is 0.710. The highest BCUT2D eigenvalue weighted by molar-refractivity contribution is 7.90. The van der Waals surface area contributed by atoms with E-state index in [4.69, 9.17) is 0 Å². The molecule has 8 nitrogen and oxygen atoms in total. The molecular weight excluding hydrogens is 334 g/mol. The van der Waals surface area contributed by atoms with Gasteiger partial charge in [0.25, 0.3) is 5.91 Å². The highest BCUT2D eigenvalue weighted by atomic mass is 32.2. The van der Waals surface area contributed by atoms with Crippen molar-refractivity contribution in [2.75, 3.05) is 19.3 Å². The first-order valence-electron chi connectivity index (χ1n) is 7.40. The third-order valence-electron chi connectivity index (χ3n) is 3.69. The van der Waals surface area contributed by atoms with Crippen molar-refractivity contribution in [1.29, 1.82) is 0 Å².